The van der Waals surface area contributed by atoms with Gasteiger partial charge in [-0.1, -0.05) is 0 Å². The predicted octanol–water partition coefficient (Wildman–Crippen LogP) is -0.0594. The molecule has 2 aliphatic heterocycles. The smallest absolute Gasteiger partial charge is 0.327 e. The van der Waals surface area contributed by atoms with Gasteiger partial charge in [-0.15, -0.1) is 0 Å². The molecule has 17 heavy (non-hydrogen) atoms. The number of rotatable bonds is 1. The van der Waals surface area contributed by atoms with Gasteiger partial charge in [-0.05, 0) is 0 Å². The van der Waals surface area contributed by atoms with E-state index in [2.05, 4.69) is 0 Å². The van der Waals surface area contributed by atoms with Crippen LogP contribution >= 0.6 is 11.8 Å². The Bertz CT molecular complexity index is 307. The number of ether oxygens (including phenoxy) is 1. The molecular formula is C10H16N2O4S. The number of nitrogens with zero attached hydrogens (tertiary/aromatic N) is 2. The summed E-state index contributed by atoms with van der Waals surface area (Å²) in [5, 5.41) is 9.11. The van der Waals surface area contributed by atoms with Crippen molar-refractivity contribution >= 4 is 23.8 Å². The maximum Gasteiger partial charge on any atom is 0.327 e. The molecule has 1 atom stereocenters. The van der Waals surface area contributed by atoms with Gasteiger partial charge in [0.2, 0.25) is 0 Å². The Morgan fingerprint density at radius 1 is 1.24 bits per heavy atom. The highest BCUT2D eigenvalue weighted by atomic mass is 32.2. The van der Waals surface area contributed by atoms with Crippen LogP contribution < -0.4 is 0 Å². The van der Waals surface area contributed by atoms with Crippen LogP contribution in [0.2, 0.25) is 0 Å². The summed E-state index contributed by atoms with van der Waals surface area (Å²) in [7, 11) is 0. The molecule has 0 spiro atoms. The van der Waals surface area contributed by atoms with Crippen molar-refractivity contribution in [1.29, 1.82) is 0 Å². The Labute approximate surface area is 104 Å². The van der Waals surface area contributed by atoms with Gasteiger partial charge in [0.15, 0.2) is 0 Å². The van der Waals surface area contributed by atoms with Crippen molar-refractivity contribution in [3.05, 3.63) is 0 Å². The second kappa shape index (κ2) is 5.59. The lowest BCUT2D eigenvalue weighted by atomic mass is 10.3. The van der Waals surface area contributed by atoms with E-state index >= 15 is 0 Å². The SMILES string of the molecule is O=C(O)C1CSCCN1C(=O)N1CCOCC1. The van der Waals surface area contributed by atoms with E-state index in [0.29, 0.717) is 38.6 Å². The Balaban J connectivity index is 2.02. The third kappa shape index (κ3) is 2.84. The standard InChI is InChI=1S/C10H16N2O4S/c13-9(14)8-7-17-6-3-12(8)10(15)11-1-4-16-5-2-11/h8H,1-7H2,(H,13,14). The van der Waals surface area contributed by atoms with Crippen molar-refractivity contribution in [2.75, 3.05) is 44.4 Å². The molecule has 7 heteroatoms. The first-order valence-corrected chi connectivity index (χ1v) is 6.79. The van der Waals surface area contributed by atoms with Gasteiger partial charge in [-0.2, -0.15) is 11.8 Å². The molecule has 2 fully saturated rings. The summed E-state index contributed by atoms with van der Waals surface area (Å²) in [6.07, 6.45) is 0. The van der Waals surface area contributed by atoms with Crippen molar-refractivity contribution in [2.45, 2.75) is 6.04 Å². The van der Waals surface area contributed by atoms with Crippen molar-refractivity contribution < 1.29 is 19.4 Å². The fraction of sp³-hybridized carbons (Fsp3) is 0.800. The normalized spacial score (nSPS) is 25.8. The minimum absolute atomic E-state index is 0.166. The number of thioether (sulfide) groups is 1. The van der Waals surface area contributed by atoms with Crippen LogP contribution in [-0.2, 0) is 9.53 Å². The van der Waals surface area contributed by atoms with Gasteiger partial charge in [0, 0.05) is 31.1 Å². The second-order valence-electron chi connectivity index (χ2n) is 4.00. The first-order valence-electron chi connectivity index (χ1n) is 5.64. The lowest BCUT2D eigenvalue weighted by Crippen LogP contribution is -2.56. The van der Waals surface area contributed by atoms with Crippen LogP contribution in [-0.4, -0.2) is 77.3 Å². The van der Waals surface area contributed by atoms with Crippen LogP contribution in [0.25, 0.3) is 0 Å². The average Bonchev–Trinajstić information content (AvgIpc) is 2.39. The quantitative estimate of drug-likeness (QED) is 0.715. The molecule has 0 aromatic carbocycles. The molecule has 1 N–H and O–H groups in total. The molecule has 0 saturated carbocycles. The van der Waals surface area contributed by atoms with E-state index in [1.165, 1.54) is 4.90 Å². The Morgan fingerprint density at radius 3 is 2.59 bits per heavy atom. The summed E-state index contributed by atoms with van der Waals surface area (Å²) in [5.41, 5.74) is 0. The molecule has 0 radical (unpaired) electrons. The van der Waals surface area contributed by atoms with Crippen LogP contribution in [0.15, 0.2) is 0 Å². The Kier molecular flexibility index (Phi) is 4.11. The number of morpholine rings is 1. The van der Waals surface area contributed by atoms with Crippen LogP contribution in [0.5, 0.6) is 0 Å². The van der Waals surface area contributed by atoms with E-state index in [4.69, 9.17) is 9.84 Å². The van der Waals surface area contributed by atoms with E-state index in [0.717, 1.165) is 5.75 Å². The molecule has 2 rings (SSSR count). The molecule has 2 aliphatic rings. The summed E-state index contributed by atoms with van der Waals surface area (Å²) in [6, 6.07) is -0.856. The van der Waals surface area contributed by atoms with Crippen molar-refractivity contribution in [3.8, 4) is 0 Å². The van der Waals surface area contributed by atoms with Crippen LogP contribution in [0.1, 0.15) is 0 Å². The van der Waals surface area contributed by atoms with E-state index in [1.54, 1.807) is 16.7 Å². The number of carboxylic acid groups (broad SMARTS) is 1. The topological polar surface area (TPSA) is 70.1 Å². The monoisotopic (exact) mass is 260 g/mol. The molecule has 2 heterocycles. The highest BCUT2D eigenvalue weighted by Gasteiger charge is 2.35. The average molecular weight is 260 g/mol. The molecule has 6 nitrogen and oxygen atoms in total. The summed E-state index contributed by atoms with van der Waals surface area (Å²) in [5.74, 6) is 0.365. The molecule has 0 aliphatic carbocycles. The Morgan fingerprint density at radius 2 is 1.94 bits per heavy atom. The van der Waals surface area contributed by atoms with Crippen LogP contribution in [0, 0.1) is 0 Å². The fourth-order valence-electron chi connectivity index (χ4n) is 1.97. The number of urea groups is 1. The first kappa shape index (κ1) is 12.5. The van der Waals surface area contributed by atoms with Crippen LogP contribution in [0.3, 0.4) is 0 Å². The summed E-state index contributed by atoms with van der Waals surface area (Å²) in [4.78, 5) is 26.4. The van der Waals surface area contributed by atoms with Gasteiger partial charge in [0.25, 0.3) is 0 Å². The largest absolute Gasteiger partial charge is 0.480 e. The maximum absolute atomic E-state index is 12.2. The first-order chi connectivity index (χ1) is 8.20. The van der Waals surface area contributed by atoms with Gasteiger partial charge in [-0.25, -0.2) is 9.59 Å². The van der Waals surface area contributed by atoms with Crippen LogP contribution in [0.4, 0.5) is 4.79 Å². The van der Waals surface area contributed by atoms with E-state index < -0.39 is 12.0 Å². The van der Waals surface area contributed by atoms with Crippen molar-refractivity contribution in [1.82, 2.24) is 9.80 Å². The summed E-state index contributed by atoms with van der Waals surface area (Å²) >= 11 is 1.58. The molecule has 96 valence electrons. The van der Waals surface area contributed by atoms with Crippen molar-refractivity contribution in [2.24, 2.45) is 0 Å². The zero-order valence-corrected chi connectivity index (χ0v) is 10.3. The number of carboxylic acids is 1. The Hall–Kier alpha value is -0.950. The highest BCUT2D eigenvalue weighted by Crippen LogP contribution is 2.18. The summed E-state index contributed by atoms with van der Waals surface area (Å²) in [6.45, 7) is 2.68. The molecular weight excluding hydrogens is 244 g/mol. The van der Waals surface area contributed by atoms with Crippen molar-refractivity contribution in [3.63, 3.8) is 0 Å². The van der Waals surface area contributed by atoms with E-state index in [9.17, 15) is 9.59 Å². The highest BCUT2D eigenvalue weighted by molar-refractivity contribution is 7.99. The number of aliphatic carboxylic acids is 1. The second-order valence-corrected chi connectivity index (χ2v) is 5.15. The fourth-order valence-corrected chi connectivity index (χ4v) is 3.01. The third-order valence-corrected chi connectivity index (χ3v) is 3.96. The number of hydrogen-bond acceptors (Lipinski definition) is 4. The predicted molar refractivity (Wildman–Crippen MR) is 63.2 cm³/mol. The van der Waals surface area contributed by atoms with Gasteiger partial charge in [0.05, 0.1) is 13.2 Å². The lowest BCUT2D eigenvalue weighted by Gasteiger charge is -2.37. The number of amides is 2. The molecule has 1 unspecified atom stereocenters. The lowest BCUT2D eigenvalue weighted by molar-refractivity contribution is -0.141. The maximum atomic E-state index is 12.2. The number of carbonyl (C=O) groups is 2. The zero-order valence-electron chi connectivity index (χ0n) is 9.50. The zero-order chi connectivity index (χ0) is 12.3. The van der Waals surface area contributed by atoms with E-state index in [-0.39, 0.29) is 6.03 Å². The molecule has 2 saturated heterocycles. The van der Waals surface area contributed by atoms with E-state index in [1.807, 2.05) is 0 Å². The molecule has 2 amide bonds. The molecule has 0 bridgehead atoms. The third-order valence-electron chi connectivity index (χ3n) is 2.94. The molecule has 0 aromatic heterocycles. The minimum Gasteiger partial charge on any atom is -0.480 e. The molecule has 0 aromatic rings. The van der Waals surface area contributed by atoms with Gasteiger partial charge >= 0.3 is 12.0 Å². The number of carbonyl (C=O) groups excluding carboxylic acids is 1. The minimum atomic E-state index is -0.918. The van der Waals surface area contributed by atoms with Gasteiger partial charge in [0.1, 0.15) is 6.04 Å². The summed E-state index contributed by atoms with van der Waals surface area (Å²) < 4.78 is 5.18. The van der Waals surface area contributed by atoms with Gasteiger partial charge in [-0.3, -0.25) is 0 Å². The van der Waals surface area contributed by atoms with Gasteiger partial charge < -0.3 is 19.6 Å². The number of hydrogen-bond donors (Lipinski definition) is 1.